The van der Waals surface area contributed by atoms with Gasteiger partial charge in [-0.25, -0.2) is 14.4 Å². The first-order chi connectivity index (χ1) is 27.0. The number of carbonyl (C=O) groups excluding carboxylic acids is 6. The van der Waals surface area contributed by atoms with Crippen LogP contribution in [0.4, 0.5) is 5.69 Å². The number of hydrogen-bond acceptors (Lipinski definition) is 11. The predicted molar refractivity (Wildman–Crippen MR) is 207 cm³/mol. The van der Waals surface area contributed by atoms with Crippen LogP contribution in [0.3, 0.4) is 0 Å². The van der Waals surface area contributed by atoms with Crippen molar-refractivity contribution in [3.63, 3.8) is 0 Å². The summed E-state index contributed by atoms with van der Waals surface area (Å²) in [4.78, 5) is 118. The number of nitrogens with one attached hydrogen (secondary N) is 2. The number of hydrogen-bond donors (Lipinski definition) is 4. The SMILES string of the molecule is C=C1C[C@@H](C(=O)N[C@@H](CC(C)C)C(=O)N2CCC[C@H]2C(=O)O)N(C(=O)[C@@H](NC(=O)[C@H](CC/C=C/C(=O)OC)CC(=O)c2cc(C(=O)O)cc([N+](=O)[O-])c2)C(C)(C)C)C1. The lowest BCUT2D eigenvalue weighted by molar-refractivity contribution is -0.384. The molecule has 2 aliphatic heterocycles. The van der Waals surface area contributed by atoms with Gasteiger partial charge in [0, 0.05) is 49.2 Å². The number of amides is 4. The van der Waals surface area contributed by atoms with E-state index in [4.69, 9.17) is 0 Å². The minimum absolute atomic E-state index is 0.0473. The van der Waals surface area contributed by atoms with Crippen LogP contribution in [-0.2, 0) is 33.5 Å². The number of rotatable bonds is 18. The van der Waals surface area contributed by atoms with Crippen LogP contribution < -0.4 is 10.6 Å². The zero-order valence-corrected chi connectivity index (χ0v) is 33.6. The molecule has 58 heavy (non-hydrogen) atoms. The standard InChI is InChI=1S/C40H53N5O13/c1-22(2)15-28(36(50)43-14-10-12-29(43)39(54)55)41-35(49)30-16-23(3)21-44(30)37(51)33(40(4,5)6)42-34(48)24(11-8-9-13-32(47)58-7)20-31(46)25-17-26(38(52)53)19-27(18-25)45(56)57/h9,13,17-19,22,24,28-30,33H,3,8,10-12,14-16,20-21H2,1-2,4-7H3,(H,41,49)(H,42,48)(H,52,53)(H,54,55)/b13-9+/t24-,28+,29+,30+,33-/m1/s1. The van der Waals surface area contributed by atoms with Crippen molar-refractivity contribution in [1.82, 2.24) is 20.4 Å². The number of carboxylic acid groups (broad SMARTS) is 2. The van der Waals surface area contributed by atoms with Crippen molar-refractivity contribution in [2.75, 3.05) is 20.2 Å². The van der Waals surface area contributed by atoms with E-state index in [0.717, 1.165) is 24.3 Å². The van der Waals surface area contributed by atoms with E-state index in [9.17, 15) is 58.7 Å². The van der Waals surface area contributed by atoms with Gasteiger partial charge in [0.15, 0.2) is 5.78 Å². The Balaban J connectivity index is 1.91. The number of aromatic carboxylic acids is 1. The van der Waals surface area contributed by atoms with Gasteiger partial charge in [-0.2, -0.15) is 0 Å². The average molecular weight is 812 g/mol. The minimum atomic E-state index is -1.51. The van der Waals surface area contributed by atoms with Gasteiger partial charge in [-0.1, -0.05) is 52.8 Å². The van der Waals surface area contributed by atoms with Gasteiger partial charge in [0.1, 0.15) is 24.2 Å². The van der Waals surface area contributed by atoms with Crippen LogP contribution in [0.15, 0.2) is 42.5 Å². The lowest BCUT2D eigenvalue weighted by Crippen LogP contribution is -2.60. The molecule has 4 N–H and O–H groups in total. The fourth-order valence-corrected chi connectivity index (χ4v) is 7.00. The third-order valence-corrected chi connectivity index (χ3v) is 10.0. The number of ketones is 1. The molecule has 0 saturated carbocycles. The summed E-state index contributed by atoms with van der Waals surface area (Å²) in [7, 11) is 1.17. The maximum Gasteiger partial charge on any atom is 0.335 e. The minimum Gasteiger partial charge on any atom is -0.480 e. The van der Waals surface area contributed by atoms with Gasteiger partial charge >= 0.3 is 17.9 Å². The maximum absolute atomic E-state index is 14.5. The van der Waals surface area contributed by atoms with E-state index >= 15 is 0 Å². The number of allylic oxidation sites excluding steroid dienone is 1. The molecular weight excluding hydrogens is 758 g/mol. The number of esters is 1. The monoisotopic (exact) mass is 811 g/mol. The number of nitrogens with zero attached hydrogens (tertiary/aromatic N) is 3. The van der Waals surface area contributed by atoms with Crippen molar-refractivity contribution in [2.45, 2.75) is 104 Å². The van der Waals surface area contributed by atoms with Gasteiger partial charge in [0.2, 0.25) is 23.6 Å². The molecule has 18 heteroatoms. The Labute approximate surface area is 336 Å². The van der Waals surface area contributed by atoms with Gasteiger partial charge in [-0.3, -0.25) is 34.1 Å². The largest absolute Gasteiger partial charge is 0.480 e. The molecule has 5 atom stereocenters. The molecule has 3 rings (SSSR count). The Morgan fingerprint density at radius 2 is 1.66 bits per heavy atom. The quantitative estimate of drug-likeness (QED) is 0.0415. The van der Waals surface area contributed by atoms with Crippen molar-refractivity contribution < 1.29 is 58.2 Å². The molecule has 316 valence electrons. The topological polar surface area (TPSA) is 260 Å². The van der Waals surface area contributed by atoms with Crippen LogP contribution in [0.1, 0.15) is 100 Å². The van der Waals surface area contributed by atoms with E-state index < -0.39 is 105 Å². The summed E-state index contributed by atoms with van der Waals surface area (Å²) in [6.45, 7) is 12.9. The van der Waals surface area contributed by atoms with Crippen molar-refractivity contribution in [3.8, 4) is 0 Å². The zero-order chi connectivity index (χ0) is 43.6. The third kappa shape index (κ3) is 12.3. The van der Waals surface area contributed by atoms with Gasteiger partial charge < -0.3 is 35.4 Å². The van der Waals surface area contributed by atoms with E-state index in [1.54, 1.807) is 20.8 Å². The highest BCUT2D eigenvalue weighted by molar-refractivity contribution is 6.02. The van der Waals surface area contributed by atoms with E-state index in [2.05, 4.69) is 21.9 Å². The molecule has 1 aromatic rings. The summed E-state index contributed by atoms with van der Waals surface area (Å²) in [5.74, 6) is -7.97. The van der Waals surface area contributed by atoms with Gasteiger partial charge in [-0.15, -0.1) is 0 Å². The molecule has 0 bridgehead atoms. The lowest BCUT2D eigenvalue weighted by Gasteiger charge is -2.36. The Morgan fingerprint density at radius 1 is 1.00 bits per heavy atom. The normalized spacial score (nSPS) is 18.4. The smallest absolute Gasteiger partial charge is 0.335 e. The second-order valence-electron chi connectivity index (χ2n) is 16.1. The van der Waals surface area contributed by atoms with Crippen molar-refractivity contribution in [1.29, 1.82) is 0 Å². The fourth-order valence-electron chi connectivity index (χ4n) is 7.00. The number of nitro groups is 1. The number of aliphatic carboxylic acids is 1. The molecule has 0 spiro atoms. The zero-order valence-electron chi connectivity index (χ0n) is 33.6. The Hall–Kier alpha value is -5.94. The van der Waals surface area contributed by atoms with E-state index in [1.165, 1.54) is 23.0 Å². The number of ether oxygens (including phenoxy) is 1. The first kappa shape index (κ1) is 46.4. The summed E-state index contributed by atoms with van der Waals surface area (Å²) < 4.78 is 4.59. The number of Topliss-reactive ketones (excluding diaryl/α,β-unsaturated/α-hetero) is 1. The highest BCUT2D eigenvalue weighted by Gasteiger charge is 2.45. The Kier molecular flexibility index (Phi) is 16.0. The number of carbonyl (C=O) groups is 8. The summed E-state index contributed by atoms with van der Waals surface area (Å²) in [6.07, 6.45) is 3.06. The number of non-ortho nitro benzene ring substituents is 1. The second kappa shape index (κ2) is 20.0. The van der Waals surface area contributed by atoms with Crippen LogP contribution >= 0.6 is 0 Å². The molecule has 0 unspecified atom stereocenters. The maximum atomic E-state index is 14.5. The third-order valence-electron chi connectivity index (χ3n) is 10.0. The van der Waals surface area contributed by atoms with Crippen LogP contribution in [0.5, 0.6) is 0 Å². The molecule has 2 saturated heterocycles. The van der Waals surface area contributed by atoms with Crippen molar-refractivity contribution in [2.24, 2.45) is 17.3 Å². The van der Waals surface area contributed by atoms with Crippen LogP contribution in [0.25, 0.3) is 0 Å². The molecule has 2 heterocycles. The average Bonchev–Trinajstić information content (AvgIpc) is 3.80. The summed E-state index contributed by atoms with van der Waals surface area (Å²) >= 11 is 0. The van der Waals surface area contributed by atoms with E-state index in [0.29, 0.717) is 12.0 Å². The number of likely N-dealkylation sites (tertiary alicyclic amines) is 2. The molecule has 2 aliphatic rings. The fraction of sp³-hybridized carbons (Fsp3) is 0.550. The van der Waals surface area contributed by atoms with Gasteiger partial charge in [0.25, 0.3) is 5.69 Å². The lowest BCUT2D eigenvalue weighted by atomic mass is 9.84. The summed E-state index contributed by atoms with van der Waals surface area (Å²) in [5, 5.41) is 36.2. The summed E-state index contributed by atoms with van der Waals surface area (Å²) in [5.41, 5.74) is -1.92. The molecule has 2 fully saturated rings. The molecule has 0 aromatic heterocycles. The summed E-state index contributed by atoms with van der Waals surface area (Å²) in [6, 6.07) is -1.83. The van der Waals surface area contributed by atoms with E-state index in [-0.39, 0.29) is 56.7 Å². The van der Waals surface area contributed by atoms with Crippen molar-refractivity contribution in [3.05, 3.63) is 63.7 Å². The highest BCUT2D eigenvalue weighted by atomic mass is 16.6. The molecule has 0 aliphatic carbocycles. The Morgan fingerprint density at radius 3 is 2.22 bits per heavy atom. The van der Waals surface area contributed by atoms with Gasteiger partial charge in [-0.05, 0) is 55.9 Å². The molecule has 0 radical (unpaired) electrons. The first-order valence-electron chi connectivity index (χ1n) is 19.0. The first-order valence-corrected chi connectivity index (χ1v) is 19.0. The van der Waals surface area contributed by atoms with Gasteiger partial charge in [0.05, 0.1) is 17.6 Å². The predicted octanol–water partition coefficient (Wildman–Crippen LogP) is 3.29. The van der Waals surface area contributed by atoms with Crippen molar-refractivity contribution >= 4 is 53.0 Å². The molecule has 18 nitrogen and oxygen atoms in total. The number of benzene rings is 1. The van der Waals surface area contributed by atoms with Crippen LogP contribution in [-0.4, -0.2) is 117 Å². The molecular formula is C40H53N5O13. The van der Waals surface area contributed by atoms with Crippen LogP contribution in [0, 0.1) is 27.4 Å². The van der Waals surface area contributed by atoms with Crippen LogP contribution in [0.2, 0.25) is 0 Å². The van der Waals surface area contributed by atoms with E-state index in [1.807, 2.05) is 13.8 Å². The second-order valence-corrected chi connectivity index (χ2v) is 16.1. The Bertz CT molecular complexity index is 1820. The number of nitro benzene ring substituents is 1. The highest BCUT2D eigenvalue weighted by Crippen LogP contribution is 2.30. The molecule has 4 amide bonds. The number of methoxy groups -OCH3 is 1. The molecule has 1 aromatic carbocycles. The number of carboxylic acids is 2.